The average molecular weight is 520 g/mol. The largest absolute Gasteiger partial charge is 1.00 e. The second-order valence-corrected chi connectivity index (χ2v) is 8.94. The van der Waals surface area contributed by atoms with Crippen LogP contribution < -0.4 is 119 Å². The Morgan fingerprint density at radius 2 is 1.47 bits per heavy atom. The third kappa shape index (κ3) is 25.1. The van der Waals surface area contributed by atoms with Gasteiger partial charge in [0.15, 0.2) is 0 Å². The summed E-state index contributed by atoms with van der Waals surface area (Å²) in [5.74, 6) is 3.68. The van der Waals surface area contributed by atoms with Crippen LogP contribution in [0.25, 0.3) is 0 Å². The molecule has 9 heteroatoms. The first-order valence-corrected chi connectivity index (χ1v) is 12.4. The van der Waals surface area contributed by atoms with Crippen molar-refractivity contribution in [3.05, 3.63) is 0 Å². The first kappa shape index (κ1) is 38.6. The van der Waals surface area contributed by atoms with E-state index in [2.05, 4.69) is 18.8 Å². The molecule has 0 amide bonds. The van der Waals surface area contributed by atoms with E-state index < -0.39 is 29.3 Å². The number of carboxylic acids is 2. The first-order chi connectivity index (χ1) is 14.4. The minimum absolute atomic E-state index is 0. The number of hydrogen-bond donors (Lipinski definition) is 2. The van der Waals surface area contributed by atoms with Crippen molar-refractivity contribution < 1.29 is 128 Å². The molecular formula is C23H39K2NO5S. The number of nitrogens with two attached hydrogens (primary N) is 1. The van der Waals surface area contributed by atoms with Crippen LogP contribution in [0.4, 0.5) is 0 Å². The Kier molecular flexibility index (Phi) is 33.3. The van der Waals surface area contributed by atoms with Gasteiger partial charge in [-0.1, -0.05) is 70.6 Å². The van der Waals surface area contributed by atoms with Crippen LogP contribution in [0.5, 0.6) is 0 Å². The number of aliphatic hydroxyl groups excluding tert-OH is 1. The summed E-state index contributed by atoms with van der Waals surface area (Å²) in [5.41, 5.74) is 5.47. The number of carbonyl (C=O) groups is 2. The SMILES string of the molecule is CCCCCCCCCCCCC#C[C@@H](SC[C@H](N)C(=O)[O-])[C@@H](O)CCCC(=O)[O-].[K+].[K+]. The van der Waals surface area contributed by atoms with Crippen molar-refractivity contribution in [2.45, 2.75) is 114 Å². The molecule has 0 spiro atoms. The number of hydrogen-bond acceptors (Lipinski definition) is 7. The molecule has 0 fully saturated rings. The van der Waals surface area contributed by atoms with Crippen LogP contribution in [-0.2, 0) is 9.59 Å². The molecular weight excluding hydrogens is 481 g/mol. The smallest absolute Gasteiger partial charge is 0.550 e. The van der Waals surface area contributed by atoms with E-state index in [1.807, 2.05) is 0 Å². The molecule has 32 heavy (non-hydrogen) atoms. The predicted molar refractivity (Wildman–Crippen MR) is 118 cm³/mol. The van der Waals surface area contributed by atoms with Gasteiger partial charge in [-0.25, -0.2) is 0 Å². The Bertz CT molecular complexity index is 528. The van der Waals surface area contributed by atoms with Gasteiger partial charge < -0.3 is 30.6 Å². The summed E-state index contributed by atoms with van der Waals surface area (Å²) in [6.45, 7) is 2.23. The minimum Gasteiger partial charge on any atom is -0.550 e. The van der Waals surface area contributed by atoms with Crippen LogP contribution in [0, 0.1) is 11.8 Å². The Hall–Kier alpha value is 2.04. The van der Waals surface area contributed by atoms with Gasteiger partial charge in [0, 0.05) is 18.1 Å². The molecule has 0 heterocycles. The summed E-state index contributed by atoms with van der Waals surface area (Å²) >= 11 is 1.18. The second kappa shape index (κ2) is 27.6. The van der Waals surface area contributed by atoms with Gasteiger partial charge >= 0.3 is 103 Å². The molecule has 0 aromatic heterocycles. The van der Waals surface area contributed by atoms with Crippen LogP contribution in [0.2, 0.25) is 0 Å². The zero-order chi connectivity index (χ0) is 22.6. The van der Waals surface area contributed by atoms with E-state index in [1.54, 1.807) is 0 Å². The van der Waals surface area contributed by atoms with Gasteiger partial charge in [-0.3, -0.25) is 0 Å². The average Bonchev–Trinajstić information content (AvgIpc) is 2.70. The fourth-order valence-corrected chi connectivity index (χ4v) is 4.08. The first-order valence-electron chi connectivity index (χ1n) is 11.3. The summed E-state index contributed by atoms with van der Waals surface area (Å²) in [6.07, 6.45) is 12.8. The van der Waals surface area contributed by atoms with E-state index in [-0.39, 0.29) is 128 Å². The number of carboxylic acid groups (broad SMARTS) is 2. The van der Waals surface area contributed by atoms with E-state index in [0.29, 0.717) is 0 Å². The normalized spacial score (nSPS) is 13.0. The molecule has 6 nitrogen and oxygen atoms in total. The molecule has 0 aliphatic carbocycles. The predicted octanol–water partition coefficient (Wildman–Crippen LogP) is -4.23. The Morgan fingerprint density at radius 3 is 1.97 bits per heavy atom. The number of carbonyl (C=O) groups excluding carboxylic acids is 2. The second-order valence-electron chi connectivity index (χ2n) is 7.76. The molecule has 0 aliphatic heterocycles. The molecule has 0 saturated heterocycles. The standard InChI is InChI=1S/C23H41NO5S.2K/c1-2-3-4-5-6-7-8-9-10-11-12-13-16-21(30-18-19(24)23(28)29)20(25)15-14-17-22(26)27;;/h19-21,25H,2-12,14-15,17-18,24H2,1H3,(H,26,27)(H,28,29);;/q;2*+1/p-2/t19-,20-,21+;;/m0../s1. The molecule has 3 N–H and O–H groups in total. The maximum atomic E-state index is 10.8. The number of unbranched alkanes of at least 4 members (excludes halogenated alkanes) is 10. The molecule has 3 atom stereocenters. The van der Waals surface area contributed by atoms with Crippen LogP contribution >= 0.6 is 11.8 Å². The van der Waals surface area contributed by atoms with Gasteiger partial charge in [0.25, 0.3) is 0 Å². The summed E-state index contributed by atoms with van der Waals surface area (Å²) < 4.78 is 0. The maximum Gasteiger partial charge on any atom is 1.00 e. The zero-order valence-corrected chi connectivity index (χ0v) is 27.5. The van der Waals surface area contributed by atoms with Crippen molar-refractivity contribution in [3.8, 4) is 11.8 Å². The molecule has 0 aliphatic rings. The van der Waals surface area contributed by atoms with Crippen LogP contribution in [0.3, 0.4) is 0 Å². The maximum absolute atomic E-state index is 10.8. The minimum atomic E-state index is -1.34. The fourth-order valence-electron chi connectivity index (χ4n) is 3.00. The van der Waals surface area contributed by atoms with Crippen molar-refractivity contribution in [1.29, 1.82) is 0 Å². The third-order valence-electron chi connectivity index (χ3n) is 4.89. The molecule has 174 valence electrons. The van der Waals surface area contributed by atoms with Gasteiger partial charge in [0.2, 0.25) is 0 Å². The fraction of sp³-hybridized carbons (Fsp3) is 0.826. The molecule has 0 bridgehead atoms. The van der Waals surface area contributed by atoms with Crippen molar-refractivity contribution in [3.63, 3.8) is 0 Å². The Labute approximate surface area is 284 Å². The zero-order valence-electron chi connectivity index (χ0n) is 20.4. The van der Waals surface area contributed by atoms with Crippen molar-refractivity contribution in [2.75, 3.05) is 5.75 Å². The van der Waals surface area contributed by atoms with Crippen LogP contribution in [0.15, 0.2) is 0 Å². The monoisotopic (exact) mass is 519 g/mol. The molecule has 0 saturated carbocycles. The quantitative estimate of drug-likeness (QED) is 0.101. The van der Waals surface area contributed by atoms with E-state index in [0.717, 1.165) is 19.3 Å². The number of aliphatic carboxylic acids is 2. The summed E-state index contributed by atoms with van der Waals surface area (Å²) in [7, 11) is 0. The van der Waals surface area contributed by atoms with Gasteiger partial charge in [0.1, 0.15) is 0 Å². The van der Waals surface area contributed by atoms with E-state index in [9.17, 15) is 24.9 Å². The van der Waals surface area contributed by atoms with E-state index in [4.69, 9.17) is 5.73 Å². The topological polar surface area (TPSA) is 127 Å². The van der Waals surface area contributed by atoms with Gasteiger partial charge in [0.05, 0.1) is 23.4 Å². The van der Waals surface area contributed by atoms with Crippen molar-refractivity contribution in [1.82, 2.24) is 0 Å². The van der Waals surface area contributed by atoms with Crippen molar-refractivity contribution in [2.24, 2.45) is 5.73 Å². The Morgan fingerprint density at radius 1 is 0.938 bits per heavy atom. The van der Waals surface area contributed by atoms with E-state index >= 15 is 0 Å². The van der Waals surface area contributed by atoms with Gasteiger partial charge in [-0.2, -0.15) is 0 Å². The molecule has 0 aromatic carbocycles. The van der Waals surface area contributed by atoms with Crippen LogP contribution in [0.1, 0.15) is 96.8 Å². The summed E-state index contributed by atoms with van der Waals surface area (Å²) in [5, 5.41) is 31.1. The third-order valence-corrected chi connectivity index (χ3v) is 6.23. The number of aliphatic hydroxyl groups is 1. The van der Waals surface area contributed by atoms with Crippen LogP contribution in [-0.4, -0.2) is 40.2 Å². The van der Waals surface area contributed by atoms with E-state index in [1.165, 1.54) is 63.1 Å². The van der Waals surface area contributed by atoms with Gasteiger partial charge in [-0.05, 0) is 25.7 Å². The Balaban J connectivity index is -0.00000420. The molecule has 0 unspecified atom stereocenters. The summed E-state index contributed by atoms with van der Waals surface area (Å²) in [4.78, 5) is 21.3. The van der Waals surface area contributed by atoms with Crippen molar-refractivity contribution >= 4 is 23.7 Å². The summed E-state index contributed by atoms with van der Waals surface area (Å²) in [6, 6.07) is -1.13. The number of thioether (sulfide) groups is 1. The molecule has 0 radical (unpaired) electrons. The molecule has 0 rings (SSSR count). The number of rotatable bonds is 19. The molecule has 0 aromatic rings. The van der Waals surface area contributed by atoms with Gasteiger partial charge in [-0.15, -0.1) is 17.7 Å².